The van der Waals surface area contributed by atoms with E-state index >= 15 is 0 Å². The van der Waals surface area contributed by atoms with Crippen molar-refractivity contribution in [3.8, 4) is 0 Å². The third-order valence-electron chi connectivity index (χ3n) is 1.27. The van der Waals surface area contributed by atoms with Crippen LogP contribution in [0.15, 0.2) is 11.0 Å². The molecule has 14 heavy (non-hydrogen) atoms. The van der Waals surface area contributed by atoms with Gasteiger partial charge in [-0.25, -0.2) is 9.78 Å². The number of hydrogen-bond acceptors (Lipinski definition) is 3. The van der Waals surface area contributed by atoms with Crippen LogP contribution in [0.25, 0.3) is 0 Å². The normalized spacial score (nSPS) is 11.4. The molecule has 0 saturated heterocycles. The maximum atomic E-state index is 12.0. The van der Waals surface area contributed by atoms with Crippen molar-refractivity contribution < 1.29 is 23.1 Å². The summed E-state index contributed by atoms with van der Waals surface area (Å²) in [5.74, 6) is -1.65. The molecule has 0 aliphatic carbocycles. The Morgan fingerprint density at radius 3 is 2.50 bits per heavy atom. The Labute approximate surface area is 74.2 Å². The summed E-state index contributed by atoms with van der Waals surface area (Å²) < 4.78 is 36.1. The van der Waals surface area contributed by atoms with E-state index in [1.54, 1.807) is 4.98 Å². The number of nitrogens with one attached hydrogen (secondary N) is 1. The minimum Gasteiger partial charge on any atom is -0.476 e. The molecule has 1 heterocycles. The molecule has 0 aliphatic heterocycles. The van der Waals surface area contributed by atoms with Crippen LogP contribution in [0.5, 0.6) is 0 Å². The Bertz CT molecular complexity index is 423. The van der Waals surface area contributed by atoms with E-state index in [-0.39, 0.29) is 0 Å². The van der Waals surface area contributed by atoms with E-state index in [9.17, 15) is 22.8 Å². The molecule has 0 aliphatic rings. The molecule has 0 saturated carbocycles. The van der Waals surface area contributed by atoms with E-state index in [4.69, 9.17) is 5.11 Å². The number of nitrogens with zero attached hydrogens (tertiary/aromatic N) is 1. The highest BCUT2D eigenvalue weighted by molar-refractivity contribution is 5.84. The Hall–Kier alpha value is -1.86. The predicted molar refractivity (Wildman–Crippen MR) is 36.8 cm³/mol. The zero-order valence-corrected chi connectivity index (χ0v) is 6.42. The molecule has 0 fully saturated rings. The zero-order valence-electron chi connectivity index (χ0n) is 6.42. The van der Waals surface area contributed by atoms with Gasteiger partial charge in [0.2, 0.25) is 5.69 Å². The van der Waals surface area contributed by atoms with Gasteiger partial charge in [-0.3, -0.25) is 4.79 Å². The van der Waals surface area contributed by atoms with E-state index in [1.807, 2.05) is 0 Å². The van der Waals surface area contributed by atoms with Crippen LogP contribution in [0.1, 0.15) is 16.2 Å². The van der Waals surface area contributed by atoms with Gasteiger partial charge in [0.25, 0.3) is 5.56 Å². The summed E-state index contributed by atoms with van der Waals surface area (Å²) in [6, 6.07) is 0. The second-order valence-corrected chi connectivity index (χ2v) is 2.27. The Kier molecular flexibility index (Phi) is 2.28. The van der Waals surface area contributed by atoms with E-state index in [2.05, 4.69) is 4.98 Å². The SMILES string of the molecule is O=C(O)c1c[nH]c(=O)c(C(F)(F)F)n1. The van der Waals surface area contributed by atoms with Crippen molar-refractivity contribution in [3.63, 3.8) is 0 Å². The number of carbonyl (C=O) groups is 1. The number of H-pyrrole nitrogens is 1. The van der Waals surface area contributed by atoms with Gasteiger partial charge >= 0.3 is 12.1 Å². The number of aromatic amines is 1. The smallest absolute Gasteiger partial charge is 0.438 e. The highest BCUT2D eigenvalue weighted by atomic mass is 19.4. The van der Waals surface area contributed by atoms with E-state index in [0.717, 1.165) is 0 Å². The number of carboxylic acids is 1. The van der Waals surface area contributed by atoms with Crippen molar-refractivity contribution in [2.75, 3.05) is 0 Å². The van der Waals surface area contributed by atoms with Gasteiger partial charge in [-0.2, -0.15) is 13.2 Å². The van der Waals surface area contributed by atoms with Crippen LogP contribution in [0.2, 0.25) is 0 Å². The molecule has 0 aromatic carbocycles. The highest BCUT2D eigenvalue weighted by Gasteiger charge is 2.36. The average molecular weight is 208 g/mol. The molecule has 0 amide bonds. The van der Waals surface area contributed by atoms with Gasteiger partial charge in [-0.05, 0) is 0 Å². The molecule has 8 heteroatoms. The summed E-state index contributed by atoms with van der Waals surface area (Å²) in [5, 5.41) is 8.31. The number of aromatic carboxylic acids is 1. The van der Waals surface area contributed by atoms with Crippen molar-refractivity contribution in [2.24, 2.45) is 0 Å². The van der Waals surface area contributed by atoms with Crippen LogP contribution in [-0.2, 0) is 6.18 Å². The minimum atomic E-state index is -4.96. The first-order chi connectivity index (χ1) is 6.32. The second kappa shape index (κ2) is 3.13. The summed E-state index contributed by atoms with van der Waals surface area (Å²) in [7, 11) is 0. The lowest BCUT2D eigenvalue weighted by molar-refractivity contribution is -0.142. The standard InChI is InChI=1S/C6H3F3N2O3/c7-6(8,9)3-4(12)10-1-2(11-3)5(13)14/h1H,(H,10,12)(H,13,14). The molecule has 2 N–H and O–H groups in total. The van der Waals surface area contributed by atoms with Crippen molar-refractivity contribution in [3.05, 3.63) is 27.9 Å². The first-order valence-electron chi connectivity index (χ1n) is 3.22. The van der Waals surface area contributed by atoms with Gasteiger partial charge < -0.3 is 10.1 Å². The molecule has 0 unspecified atom stereocenters. The molecule has 0 radical (unpaired) electrons. The number of rotatable bonds is 1. The van der Waals surface area contributed by atoms with Gasteiger partial charge in [0.15, 0.2) is 5.69 Å². The van der Waals surface area contributed by atoms with Crippen molar-refractivity contribution in [1.82, 2.24) is 9.97 Å². The fourth-order valence-electron chi connectivity index (χ4n) is 0.707. The molecule has 0 bridgehead atoms. The van der Waals surface area contributed by atoms with Gasteiger partial charge in [-0.1, -0.05) is 0 Å². The van der Waals surface area contributed by atoms with E-state index in [0.29, 0.717) is 6.20 Å². The monoisotopic (exact) mass is 208 g/mol. The van der Waals surface area contributed by atoms with Gasteiger partial charge in [0.1, 0.15) is 0 Å². The van der Waals surface area contributed by atoms with Crippen LogP contribution in [0, 0.1) is 0 Å². The fourth-order valence-corrected chi connectivity index (χ4v) is 0.707. The third-order valence-corrected chi connectivity index (χ3v) is 1.27. The van der Waals surface area contributed by atoms with Gasteiger partial charge in [0.05, 0.1) is 0 Å². The molecular weight excluding hydrogens is 205 g/mol. The zero-order chi connectivity index (χ0) is 10.9. The Balaban J connectivity index is 3.37. The summed E-state index contributed by atoms with van der Waals surface area (Å²) in [5.41, 5.74) is -4.10. The van der Waals surface area contributed by atoms with Gasteiger partial charge in [-0.15, -0.1) is 0 Å². The van der Waals surface area contributed by atoms with Crippen LogP contribution in [0.3, 0.4) is 0 Å². The average Bonchev–Trinajstić information content (AvgIpc) is 2.02. The molecule has 1 aromatic rings. The van der Waals surface area contributed by atoms with E-state index < -0.39 is 29.1 Å². The first kappa shape index (κ1) is 10.2. The molecule has 0 atom stereocenters. The number of carboxylic acid groups (broad SMARTS) is 1. The summed E-state index contributed by atoms with van der Waals surface area (Å²) in [4.78, 5) is 25.2. The predicted octanol–water partition coefficient (Wildman–Crippen LogP) is 0.487. The van der Waals surface area contributed by atoms with Crippen molar-refractivity contribution in [2.45, 2.75) is 6.18 Å². The van der Waals surface area contributed by atoms with Gasteiger partial charge in [0, 0.05) is 6.20 Å². The number of hydrogen-bond donors (Lipinski definition) is 2. The van der Waals surface area contributed by atoms with Crippen LogP contribution >= 0.6 is 0 Å². The molecule has 5 nitrogen and oxygen atoms in total. The van der Waals surface area contributed by atoms with Crippen molar-refractivity contribution >= 4 is 5.97 Å². The molecular formula is C6H3F3N2O3. The lowest BCUT2D eigenvalue weighted by Gasteiger charge is -2.03. The maximum Gasteiger partial charge on any atom is 0.438 e. The summed E-state index contributed by atoms with van der Waals surface area (Å²) in [6.45, 7) is 0. The minimum absolute atomic E-state index is 0.597. The van der Waals surface area contributed by atoms with Crippen LogP contribution in [0.4, 0.5) is 13.2 Å². The molecule has 76 valence electrons. The lowest BCUT2D eigenvalue weighted by Crippen LogP contribution is -2.25. The maximum absolute atomic E-state index is 12.0. The third kappa shape index (κ3) is 1.90. The number of alkyl halides is 3. The highest BCUT2D eigenvalue weighted by Crippen LogP contribution is 2.24. The quantitative estimate of drug-likeness (QED) is 0.703. The van der Waals surface area contributed by atoms with Crippen LogP contribution in [-0.4, -0.2) is 21.0 Å². The topological polar surface area (TPSA) is 83.0 Å². The fraction of sp³-hybridized carbons (Fsp3) is 0.167. The second-order valence-electron chi connectivity index (χ2n) is 2.27. The Morgan fingerprint density at radius 1 is 1.50 bits per heavy atom. The number of halogens is 3. The lowest BCUT2D eigenvalue weighted by atomic mass is 10.4. The molecule has 1 rings (SSSR count). The van der Waals surface area contributed by atoms with Crippen LogP contribution < -0.4 is 5.56 Å². The van der Waals surface area contributed by atoms with Crippen molar-refractivity contribution in [1.29, 1.82) is 0 Å². The summed E-state index contributed by atoms with van der Waals surface area (Å²) >= 11 is 0. The Morgan fingerprint density at radius 2 is 2.07 bits per heavy atom. The van der Waals surface area contributed by atoms with E-state index in [1.165, 1.54) is 0 Å². The molecule has 0 spiro atoms. The molecule has 1 aromatic heterocycles. The number of aromatic nitrogens is 2. The largest absolute Gasteiger partial charge is 0.476 e. The first-order valence-corrected chi connectivity index (χ1v) is 3.22. The summed E-state index contributed by atoms with van der Waals surface area (Å²) in [6.07, 6.45) is -4.36.